The Labute approximate surface area is 129 Å². The number of nitrogens with one attached hydrogen (secondary N) is 2. The summed E-state index contributed by atoms with van der Waals surface area (Å²) in [6.07, 6.45) is 0.752. The van der Waals surface area contributed by atoms with Gasteiger partial charge in [-0.15, -0.1) is 0 Å². The zero-order valence-corrected chi connectivity index (χ0v) is 12.7. The Morgan fingerprint density at radius 1 is 1.32 bits per heavy atom. The number of hydrogen-bond acceptors (Lipinski definition) is 4. The second-order valence-electron chi connectivity index (χ2n) is 5.28. The largest absolute Gasteiger partial charge is 0.454 e. The fraction of sp³-hybridized carbons (Fsp3) is 0.467. The molecule has 7 nitrogen and oxygen atoms in total. The van der Waals surface area contributed by atoms with Gasteiger partial charge in [0.05, 0.1) is 0 Å². The maximum Gasteiger partial charge on any atom is 0.312 e. The van der Waals surface area contributed by atoms with Crippen molar-refractivity contribution in [2.45, 2.75) is 32.9 Å². The van der Waals surface area contributed by atoms with Crippen LogP contribution in [-0.2, 0) is 11.3 Å². The molecule has 2 rings (SSSR count). The number of carbonyl (C=O) groups is 2. The SMILES string of the molecule is CCC(C)C(NC(N)=O)C(=O)NCc1ccc2c(c1)OCO2. The van der Waals surface area contributed by atoms with Crippen LogP contribution in [0.4, 0.5) is 4.79 Å². The van der Waals surface area contributed by atoms with Crippen LogP contribution in [0.25, 0.3) is 0 Å². The lowest BCUT2D eigenvalue weighted by molar-refractivity contribution is -0.124. The lowest BCUT2D eigenvalue weighted by Crippen LogP contribution is -2.51. The van der Waals surface area contributed by atoms with Crippen molar-refractivity contribution in [3.63, 3.8) is 0 Å². The van der Waals surface area contributed by atoms with E-state index in [0.29, 0.717) is 18.0 Å². The molecule has 120 valence electrons. The Hall–Kier alpha value is -2.44. The molecule has 0 saturated heterocycles. The third kappa shape index (κ3) is 3.81. The van der Waals surface area contributed by atoms with Gasteiger partial charge in [-0.3, -0.25) is 4.79 Å². The minimum atomic E-state index is -0.705. The summed E-state index contributed by atoms with van der Waals surface area (Å²) in [4.78, 5) is 23.3. The summed E-state index contributed by atoms with van der Waals surface area (Å²) in [7, 11) is 0. The molecule has 0 fully saturated rings. The number of urea groups is 1. The number of nitrogens with two attached hydrogens (primary N) is 1. The first kappa shape index (κ1) is 15.9. The maximum atomic E-state index is 12.2. The van der Waals surface area contributed by atoms with Gasteiger partial charge in [0.15, 0.2) is 11.5 Å². The Morgan fingerprint density at radius 2 is 2.05 bits per heavy atom. The summed E-state index contributed by atoms with van der Waals surface area (Å²) < 4.78 is 10.5. The second-order valence-corrected chi connectivity index (χ2v) is 5.28. The van der Waals surface area contributed by atoms with Crippen LogP contribution >= 0.6 is 0 Å². The van der Waals surface area contributed by atoms with Gasteiger partial charge in [0.2, 0.25) is 12.7 Å². The number of fused-ring (bicyclic) bond motifs is 1. The number of carbonyl (C=O) groups excluding carboxylic acids is 2. The summed E-state index contributed by atoms with van der Waals surface area (Å²) in [6.45, 7) is 4.39. The first-order chi connectivity index (χ1) is 10.5. The van der Waals surface area contributed by atoms with E-state index >= 15 is 0 Å². The monoisotopic (exact) mass is 307 g/mol. The molecule has 4 N–H and O–H groups in total. The van der Waals surface area contributed by atoms with Crippen molar-refractivity contribution >= 4 is 11.9 Å². The molecule has 0 radical (unpaired) electrons. The molecular formula is C15H21N3O4. The average Bonchev–Trinajstić information content (AvgIpc) is 2.96. The Morgan fingerprint density at radius 3 is 2.73 bits per heavy atom. The van der Waals surface area contributed by atoms with Gasteiger partial charge in [-0.2, -0.15) is 0 Å². The second kappa shape index (κ2) is 7.02. The zero-order chi connectivity index (χ0) is 16.1. The molecule has 2 atom stereocenters. The van der Waals surface area contributed by atoms with Crippen molar-refractivity contribution in [3.8, 4) is 11.5 Å². The van der Waals surface area contributed by atoms with Gasteiger partial charge in [-0.1, -0.05) is 26.3 Å². The van der Waals surface area contributed by atoms with Crippen LogP contribution in [0.3, 0.4) is 0 Å². The van der Waals surface area contributed by atoms with E-state index in [4.69, 9.17) is 15.2 Å². The van der Waals surface area contributed by atoms with Crippen molar-refractivity contribution in [1.82, 2.24) is 10.6 Å². The van der Waals surface area contributed by atoms with Crippen LogP contribution in [0, 0.1) is 5.92 Å². The first-order valence-corrected chi connectivity index (χ1v) is 7.23. The lowest BCUT2D eigenvalue weighted by atomic mass is 9.98. The molecule has 1 aromatic rings. The topological polar surface area (TPSA) is 103 Å². The predicted molar refractivity (Wildman–Crippen MR) is 80.4 cm³/mol. The van der Waals surface area contributed by atoms with Crippen LogP contribution in [0.2, 0.25) is 0 Å². The summed E-state index contributed by atoms with van der Waals surface area (Å²) in [5.74, 6) is 1.10. The van der Waals surface area contributed by atoms with Crippen molar-refractivity contribution < 1.29 is 19.1 Å². The van der Waals surface area contributed by atoms with Gasteiger partial charge >= 0.3 is 6.03 Å². The van der Waals surface area contributed by atoms with E-state index in [1.54, 1.807) is 6.07 Å². The van der Waals surface area contributed by atoms with Crippen molar-refractivity contribution in [3.05, 3.63) is 23.8 Å². The number of amides is 3. The molecule has 3 amide bonds. The fourth-order valence-electron chi connectivity index (χ4n) is 2.21. The van der Waals surface area contributed by atoms with Gasteiger partial charge in [-0.05, 0) is 23.6 Å². The van der Waals surface area contributed by atoms with Crippen molar-refractivity contribution in [2.24, 2.45) is 11.7 Å². The average molecular weight is 307 g/mol. The highest BCUT2D eigenvalue weighted by atomic mass is 16.7. The predicted octanol–water partition coefficient (Wildman–Crippen LogP) is 1.11. The van der Waals surface area contributed by atoms with Crippen LogP contribution in [-0.4, -0.2) is 24.8 Å². The minimum Gasteiger partial charge on any atom is -0.454 e. The molecule has 1 aromatic carbocycles. The van der Waals surface area contributed by atoms with E-state index in [0.717, 1.165) is 12.0 Å². The lowest BCUT2D eigenvalue weighted by Gasteiger charge is -2.22. The molecule has 2 unspecified atom stereocenters. The highest BCUT2D eigenvalue weighted by Gasteiger charge is 2.25. The molecule has 1 aliphatic rings. The summed E-state index contributed by atoms with van der Waals surface area (Å²) >= 11 is 0. The molecule has 0 spiro atoms. The van der Waals surface area contributed by atoms with E-state index in [9.17, 15) is 9.59 Å². The molecule has 7 heteroatoms. The molecule has 0 aromatic heterocycles. The normalized spacial score (nSPS) is 15.0. The molecular weight excluding hydrogens is 286 g/mol. The maximum absolute atomic E-state index is 12.2. The van der Waals surface area contributed by atoms with Crippen LogP contribution in [0.5, 0.6) is 11.5 Å². The number of primary amides is 1. The van der Waals surface area contributed by atoms with Gasteiger partial charge < -0.3 is 25.8 Å². The summed E-state index contributed by atoms with van der Waals surface area (Å²) in [5, 5.41) is 5.30. The smallest absolute Gasteiger partial charge is 0.312 e. The Kier molecular flexibility index (Phi) is 5.08. The zero-order valence-electron chi connectivity index (χ0n) is 12.7. The molecule has 0 aliphatic carbocycles. The molecule has 0 saturated carbocycles. The van der Waals surface area contributed by atoms with Crippen LogP contribution < -0.4 is 25.8 Å². The fourth-order valence-corrected chi connectivity index (χ4v) is 2.21. The third-order valence-electron chi connectivity index (χ3n) is 3.70. The van der Waals surface area contributed by atoms with E-state index < -0.39 is 12.1 Å². The van der Waals surface area contributed by atoms with Crippen molar-refractivity contribution in [1.29, 1.82) is 0 Å². The molecule has 1 heterocycles. The van der Waals surface area contributed by atoms with Gasteiger partial charge in [0, 0.05) is 6.54 Å². The summed E-state index contributed by atoms with van der Waals surface area (Å²) in [5.41, 5.74) is 6.02. The van der Waals surface area contributed by atoms with E-state index in [2.05, 4.69) is 10.6 Å². The number of ether oxygens (including phenoxy) is 2. The first-order valence-electron chi connectivity index (χ1n) is 7.23. The summed E-state index contributed by atoms with van der Waals surface area (Å²) in [6, 6.07) is 4.13. The molecule has 22 heavy (non-hydrogen) atoms. The highest BCUT2D eigenvalue weighted by Crippen LogP contribution is 2.32. The minimum absolute atomic E-state index is 0.00995. The number of rotatable bonds is 6. The quantitative estimate of drug-likeness (QED) is 0.732. The third-order valence-corrected chi connectivity index (χ3v) is 3.70. The van der Waals surface area contributed by atoms with Crippen LogP contribution in [0.15, 0.2) is 18.2 Å². The van der Waals surface area contributed by atoms with E-state index in [1.807, 2.05) is 26.0 Å². The number of hydrogen-bond donors (Lipinski definition) is 3. The van der Waals surface area contributed by atoms with E-state index in [-0.39, 0.29) is 18.6 Å². The van der Waals surface area contributed by atoms with Crippen LogP contribution in [0.1, 0.15) is 25.8 Å². The van der Waals surface area contributed by atoms with E-state index in [1.165, 1.54) is 0 Å². The van der Waals surface area contributed by atoms with Gasteiger partial charge in [0.1, 0.15) is 6.04 Å². The number of benzene rings is 1. The highest BCUT2D eigenvalue weighted by molar-refractivity contribution is 5.86. The standard InChI is InChI=1S/C15H21N3O4/c1-3-9(2)13(18-15(16)20)14(19)17-7-10-4-5-11-12(6-10)22-8-21-11/h4-6,9,13H,3,7-8H2,1-2H3,(H,17,19)(H3,16,18,20). The Balaban J connectivity index is 1.96. The van der Waals surface area contributed by atoms with Gasteiger partial charge in [0.25, 0.3) is 0 Å². The van der Waals surface area contributed by atoms with Crippen molar-refractivity contribution in [2.75, 3.05) is 6.79 Å². The van der Waals surface area contributed by atoms with Gasteiger partial charge in [-0.25, -0.2) is 4.79 Å². The molecule has 1 aliphatic heterocycles. The Bertz CT molecular complexity index is 562. The molecule has 0 bridgehead atoms.